The van der Waals surface area contributed by atoms with E-state index in [1.54, 1.807) is 30.2 Å². The van der Waals surface area contributed by atoms with Crippen LogP contribution in [0.15, 0.2) is 42.5 Å². The molecular formula is C18H18FNO3. The van der Waals surface area contributed by atoms with Gasteiger partial charge in [0.2, 0.25) is 0 Å². The number of benzene rings is 2. The molecule has 0 unspecified atom stereocenters. The first kappa shape index (κ1) is 15.3. The van der Waals surface area contributed by atoms with E-state index in [9.17, 15) is 9.18 Å². The average Bonchev–Trinajstić information content (AvgIpc) is 2.59. The number of hydrogen-bond acceptors (Lipinski definition) is 3. The molecule has 0 spiro atoms. The molecule has 0 fully saturated rings. The van der Waals surface area contributed by atoms with Crippen LogP contribution in [0.2, 0.25) is 0 Å². The first-order valence-corrected chi connectivity index (χ1v) is 7.53. The third-order valence-electron chi connectivity index (χ3n) is 3.88. The van der Waals surface area contributed by atoms with Crippen LogP contribution in [0, 0.1) is 5.82 Å². The number of methoxy groups -OCH3 is 1. The molecule has 1 aliphatic heterocycles. The van der Waals surface area contributed by atoms with Crippen LogP contribution in [0.25, 0.3) is 0 Å². The maximum atomic E-state index is 13.3. The number of carbonyl (C=O) groups is 1. The smallest absolute Gasteiger partial charge is 0.264 e. The van der Waals surface area contributed by atoms with E-state index in [-0.39, 0.29) is 18.3 Å². The standard InChI is InChI=1S/C18H18FNO3/c1-22-16-6-2-3-7-17(16)23-12-18(21)20-10-4-5-13-11-14(19)8-9-15(13)20/h2-3,6-9,11H,4-5,10,12H2,1H3. The monoisotopic (exact) mass is 315 g/mol. The Hall–Kier alpha value is -2.56. The number of nitrogens with zero attached hydrogens (tertiary/aromatic N) is 1. The summed E-state index contributed by atoms with van der Waals surface area (Å²) in [6.07, 6.45) is 1.60. The van der Waals surface area contributed by atoms with Crippen molar-refractivity contribution >= 4 is 11.6 Å². The predicted octanol–water partition coefficient (Wildman–Crippen LogP) is 3.19. The van der Waals surface area contributed by atoms with E-state index in [0.717, 1.165) is 24.1 Å². The van der Waals surface area contributed by atoms with Crippen molar-refractivity contribution in [3.05, 3.63) is 53.8 Å². The number of amides is 1. The van der Waals surface area contributed by atoms with Crippen molar-refractivity contribution in [3.8, 4) is 11.5 Å². The molecule has 1 aliphatic rings. The van der Waals surface area contributed by atoms with Crippen molar-refractivity contribution in [2.24, 2.45) is 0 Å². The van der Waals surface area contributed by atoms with E-state index in [0.29, 0.717) is 18.0 Å². The van der Waals surface area contributed by atoms with E-state index in [1.165, 1.54) is 12.1 Å². The van der Waals surface area contributed by atoms with Crippen molar-refractivity contribution in [3.63, 3.8) is 0 Å². The van der Waals surface area contributed by atoms with Gasteiger partial charge in [-0.15, -0.1) is 0 Å². The SMILES string of the molecule is COc1ccccc1OCC(=O)N1CCCc2cc(F)ccc21. The Kier molecular flexibility index (Phi) is 4.46. The number of carbonyl (C=O) groups excluding carboxylic acids is 1. The molecule has 2 aromatic carbocycles. The van der Waals surface area contributed by atoms with Gasteiger partial charge in [-0.05, 0) is 48.7 Å². The Morgan fingerprint density at radius 2 is 2.00 bits per heavy atom. The molecule has 0 saturated carbocycles. The summed E-state index contributed by atoms with van der Waals surface area (Å²) < 4.78 is 24.1. The normalized spacial score (nSPS) is 13.4. The molecule has 3 rings (SSSR count). The largest absolute Gasteiger partial charge is 0.493 e. The summed E-state index contributed by atoms with van der Waals surface area (Å²) in [7, 11) is 1.56. The second-order valence-electron chi connectivity index (χ2n) is 5.36. The van der Waals surface area contributed by atoms with Crippen molar-refractivity contribution in [2.75, 3.05) is 25.2 Å². The Bertz CT molecular complexity index is 717. The summed E-state index contributed by atoms with van der Waals surface area (Å²) >= 11 is 0. The fraction of sp³-hybridized carbons (Fsp3) is 0.278. The van der Waals surface area contributed by atoms with E-state index >= 15 is 0 Å². The quantitative estimate of drug-likeness (QED) is 0.870. The lowest BCUT2D eigenvalue weighted by Crippen LogP contribution is -2.38. The number of anilines is 1. The molecule has 5 heteroatoms. The van der Waals surface area contributed by atoms with Gasteiger partial charge in [0.1, 0.15) is 5.82 Å². The minimum atomic E-state index is -0.275. The van der Waals surface area contributed by atoms with Crippen molar-refractivity contribution in [2.45, 2.75) is 12.8 Å². The van der Waals surface area contributed by atoms with Crippen LogP contribution in [-0.4, -0.2) is 26.2 Å². The van der Waals surface area contributed by atoms with Gasteiger partial charge in [-0.25, -0.2) is 4.39 Å². The molecule has 0 N–H and O–H groups in total. The molecule has 4 nitrogen and oxygen atoms in total. The third kappa shape index (κ3) is 3.28. The maximum Gasteiger partial charge on any atom is 0.264 e. The molecule has 23 heavy (non-hydrogen) atoms. The highest BCUT2D eigenvalue weighted by molar-refractivity contribution is 5.95. The lowest BCUT2D eigenvalue weighted by Gasteiger charge is -2.29. The molecule has 0 radical (unpaired) electrons. The first-order valence-electron chi connectivity index (χ1n) is 7.53. The zero-order valence-electron chi connectivity index (χ0n) is 12.9. The molecule has 120 valence electrons. The van der Waals surface area contributed by atoms with Crippen LogP contribution in [-0.2, 0) is 11.2 Å². The van der Waals surface area contributed by atoms with Crippen LogP contribution >= 0.6 is 0 Å². The van der Waals surface area contributed by atoms with Gasteiger partial charge in [0, 0.05) is 12.2 Å². The van der Waals surface area contributed by atoms with Crippen molar-refractivity contribution < 1.29 is 18.7 Å². The average molecular weight is 315 g/mol. The van der Waals surface area contributed by atoms with Gasteiger partial charge in [-0.3, -0.25) is 4.79 Å². The zero-order chi connectivity index (χ0) is 16.2. The fourth-order valence-electron chi connectivity index (χ4n) is 2.78. The Labute approximate surface area is 134 Å². The van der Waals surface area contributed by atoms with Crippen LogP contribution in [0.4, 0.5) is 10.1 Å². The first-order chi connectivity index (χ1) is 11.2. The van der Waals surface area contributed by atoms with Gasteiger partial charge < -0.3 is 14.4 Å². The molecule has 1 heterocycles. The highest BCUT2D eigenvalue weighted by Gasteiger charge is 2.23. The minimum Gasteiger partial charge on any atom is -0.493 e. The summed E-state index contributed by atoms with van der Waals surface area (Å²) in [5.74, 6) is 0.688. The highest BCUT2D eigenvalue weighted by Crippen LogP contribution is 2.29. The third-order valence-corrected chi connectivity index (χ3v) is 3.88. The highest BCUT2D eigenvalue weighted by atomic mass is 19.1. The molecule has 0 bridgehead atoms. The zero-order valence-corrected chi connectivity index (χ0v) is 12.9. The van der Waals surface area contributed by atoms with Crippen molar-refractivity contribution in [1.29, 1.82) is 0 Å². The van der Waals surface area contributed by atoms with Gasteiger partial charge in [-0.1, -0.05) is 12.1 Å². The van der Waals surface area contributed by atoms with Crippen LogP contribution in [0.5, 0.6) is 11.5 Å². The number of para-hydroxylation sites is 2. The fourth-order valence-corrected chi connectivity index (χ4v) is 2.78. The molecule has 0 aromatic heterocycles. The Balaban J connectivity index is 1.72. The summed E-state index contributed by atoms with van der Waals surface area (Å²) in [6.45, 7) is 0.532. The summed E-state index contributed by atoms with van der Waals surface area (Å²) in [6, 6.07) is 11.7. The summed E-state index contributed by atoms with van der Waals surface area (Å²) in [5.41, 5.74) is 1.63. The topological polar surface area (TPSA) is 38.8 Å². The number of ether oxygens (including phenoxy) is 2. The van der Waals surface area contributed by atoms with Gasteiger partial charge >= 0.3 is 0 Å². The number of hydrogen-bond donors (Lipinski definition) is 0. The van der Waals surface area contributed by atoms with E-state index < -0.39 is 0 Å². The van der Waals surface area contributed by atoms with E-state index in [2.05, 4.69) is 0 Å². The summed E-state index contributed by atoms with van der Waals surface area (Å²) in [5, 5.41) is 0. The molecule has 0 saturated heterocycles. The van der Waals surface area contributed by atoms with E-state index in [4.69, 9.17) is 9.47 Å². The Morgan fingerprint density at radius 1 is 1.22 bits per heavy atom. The molecule has 2 aromatic rings. The van der Waals surface area contributed by atoms with Gasteiger partial charge in [0.25, 0.3) is 5.91 Å². The minimum absolute atomic E-state index is 0.0861. The second kappa shape index (κ2) is 6.69. The number of fused-ring (bicyclic) bond motifs is 1. The van der Waals surface area contributed by atoms with Crippen LogP contribution in [0.3, 0.4) is 0 Å². The van der Waals surface area contributed by atoms with Crippen LogP contribution in [0.1, 0.15) is 12.0 Å². The predicted molar refractivity (Wildman–Crippen MR) is 85.6 cm³/mol. The van der Waals surface area contributed by atoms with E-state index in [1.807, 2.05) is 12.1 Å². The molecular weight excluding hydrogens is 297 g/mol. The van der Waals surface area contributed by atoms with Gasteiger partial charge in [0.15, 0.2) is 18.1 Å². The lowest BCUT2D eigenvalue weighted by atomic mass is 10.0. The van der Waals surface area contributed by atoms with Crippen molar-refractivity contribution in [1.82, 2.24) is 0 Å². The molecule has 1 amide bonds. The second-order valence-corrected chi connectivity index (χ2v) is 5.36. The van der Waals surface area contributed by atoms with Gasteiger partial charge in [-0.2, -0.15) is 0 Å². The molecule has 0 atom stereocenters. The lowest BCUT2D eigenvalue weighted by molar-refractivity contribution is -0.120. The molecule has 0 aliphatic carbocycles. The number of halogens is 1. The van der Waals surface area contributed by atoms with Crippen LogP contribution < -0.4 is 14.4 Å². The van der Waals surface area contributed by atoms with Gasteiger partial charge in [0.05, 0.1) is 7.11 Å². The summed E-state index contributed by atoms with van der Waals surface area (Å²) in [4.78, 5) is 14.1. The number of aryl methyl sites for hydroxylation is 1. The number of rotatable bonds is 4. The Morgan fingerprint density at radius 3 is 2.78 bits per heavy atom. The maximum absolute atomic E-state index is 13.3.